The van der Waals surface area contributed by atoms with Crippen molar-refractivity contribution in [3.05, 3.63) is 38.5 Å². The zero-order valence-corrected chi connectivity index (χ0v) is 17.2. The van der Waals surface area contributed by atoms with Gasteiger partial charge in [0.2, 0.25) is 0 Å². The molecule has 8 heteroatoms. The minimum atomic E-state index is -0.430. The van der Waals surface area contributed by atoms with Gasteiger partial charge in [0.05, 0.1) is 21.1 Å². The average molecular weight is 448 g/mol. The molecule has 3 rings (SSSR count). The maximum Gasteiger partial charge on any atom is 0.174 e. The van der Waals surface area contributed by atoms with E-state index in [1.807, 2.05) is 12.1 Å². The van der Waals surface area contributed by atoms with Crippen LogP contribution in [0.15, 0.2) is 32.9 Å². The molecule has 0 spiro atoms. The standard InChI is InChI=1S/C17H21BrCl2N4O/c1-9(2)24-14-8-22-7-11(14)16(23-17(24)21)10-5-15(25-4-3-19)12(18)6-13(10)20/h5-6,9,17,22H,3-4,7-8,21H2,1-2H3. The van der Waals surface area contributed by atoms with Gasteiger partial charge in [-0.15, -0.1) is 11.6 Å². The van der Waals surface area contributed by atoms with Crippen molar-refractivity contribution in [1.29, 1.82) is 0 Å². The summed E-state index contributed by atoms with van der Waals surface area (Å²) in [5.41, 5.74) is 10.3. The van der Waals surface area contributed by atoms with Crippen molar-refractivity contribution in [1.82, 2.24) is 10.2 Å². The van der Waals surface area contributed by atoms with Gasteiger partial charge in [0.15, 0.2) is 6.29 Å². The molecule has 0 fully saturated rings. The van der Waals surface area contributed by atoms with Crippen LogP contribution in [-0.4, -0.2) is 48.5 Å². The van der Waals surface area contributed by atoms with Crippen LogP contribution in [0.1, 0.15) is 19.4 Å². The molecule has 2 heterocycles. The second-order valence-corrected chi connectivity index (χ2v) is 7.86. The Morgan fingerprint density at radius 3 is 2.88 bits per heavy atom. The number of nitrogens with zero attached hydrogens (tertiary/aromatic N) is 2. The van der Waals surface area contributed by atoms with Crippen molar-refractivity contribution < 1.29 is 4.74 Å². The summed E-state index contributed by atoms with van der Waals surface area (Å²) in [4.78, 5) is 6.90. The maximum atomic E-state index is 6.52. The number of rotatable bonds is 5. The Morgan fingerprint density at radius 1 is 1.44 bits per heavy atom. The highest BCUT2D eigenvalue weighted by Gasteiger charge is 2.33. The van der Waals surface area contributed by atoms with E-state index in [0.717, 1.165) is 34.4 Å². The normalized spacial score (nSPS) is 20.2. The van der Waals surface area contributed by atoms with E-state index in [1.54, 1.807) is 0 Å². The van der Waals surface area contributed by atoms with Gasteiger partial charge >= 0.3 is 0 Å². The second-order valence-electron chi connectivity index (χ2n) is 6.22. The number of hydrogen-bond acceptors (Lipinski definition) is 5. The third kappa shape index (κ3) is 3.69. The fraction of sp³-hybridized carbons (Fsp3) is 0.471. The van der Waals surface area contributed by atoms with Crippen molar-refractivity contribution >= 4 is 44.8 Å². The van der Waals surface area contributed by atoms with Crippen LogP contribution in [0.3, 0.4) is 0 Å². The fourth-order valence-electron chi connectivity index (χ4n) is 3.23. The predicted octanol–water partition coefficient (Wildman–Crippen LogP) is 3.33. The molecule has 1 aromatic rings. The van der Waals surface area contributed by atoms with E-state index < -0.39 is 6.29 Å². The molecule has 25 heavy (non-hydrogen) atoms. The zero-order chi connectivity index (χ0) is 18.1. The van der Waals surface area contributed by atoms with Gasteiger partial charge in [0.1, 0.15) is 12.4 Å². The number of aliphatic imine (C=N–C) groups is 1. The summed E-state index contributed by atoms with van der Waals surface area (Å²) >= 11 is 15.7. The van der Waals surface area contributed by atoms with Crippen LogP contribution < -0.4 is 15.8 Å². The summed E-state index contributed by atoms with van der Waals surface area (Å²) in [5.74, 6) is 1.11. The van der Waals surface area contributed by atoms with Crippen LogP contribution >= 0.6 is 39.1 Å². The molecule has 1 atom stereocenters. The Labute approximate surface area is 166 Å². The van der Waals surface area contributed by atoms with Gasteiger partial charge in [-0.25, -0.2) is 4.99 Å². The summed E-state index contributed by atoms with van der Waals surface area (Å²) in [5, 5.41) is 4.00. The molecular weight excluding hydrogens is 427 g/mol. The summed E-state index contributed by atoms with van der Waals surface area (Å²) in [6.07, 6.45) is -0.430. The van der Waals surface area contributed by atoms with Gasteiger partial charge in [-0.1, -0.05) is 11.6 Å². The fourth-order valence-corrected chi connectivity index (χ4v) is 4.15. The number of nitrogens with two attached hydrogens (primary N) is 1. The number of ether oxygens (including phenoxy) is 1. The van der Waals surface area contributed by atoms with Crippen molar-refractivity contribution in [3.63, 3.8) is 0 Å². The molecule has 0 aromatic heterocycles. The lowest BCUT2D eigenvalue weighted by atomic mass is 9.99. The second kappa shape index (κ2) is 7.84. The van der Waals surface area contributed by atoms with E-state index in [9.17, 15) is 0 Å². The summed E-state index contributed by atoms with van der Waals surface area (Å²) in [6.45, 7) is 6.18. The first-order chi connectivity index (χ1) is 11.9. The zero-order valence-electron chi connectivity index (χ0n) is 14.2. The third-order valence-electron chi connectivity index (χ3n) is 4.25. The number of nitrogens with one attached hydrogen (secondary N) is 1. The first kappa shape index (κ1) is 19.0. The van der Waals surface area contributed by atoms with Gasteiger partial charge < -0.3 is 15.0 Å². The van der Waals surface area contributed by atoms with Crippen LogP contribution in [-0.2, 0) is 0 Å². The molecular formula is C17H21BrCl2N4O. The van der Waals surface area contributed by atoms with Gasteiger partial charge in [-0.2, -0.15) is 0 Å². The van der Waals surface area contributed by atoms with Crippen LogP contribution in [0.25, 0.3) is 0 Å². The Balaban J connectivity index is 2.05. The Morgan fingerprint density at radius 2 is 2.20 bits per heavy atom. The quantitative estimate of drug-likeness (QED) is 0.679. The highest BCUT2D eigenvalue weighted by molar-refractivity contribution is 9.10. The number of halogens is 3. The molecule has 2 aliphatic heterocycles. The minimum absolute atomic E-state index is 0.271. The number of benzene rings is 1. The molecule has 1 unspecified atom stereocenters. The number of alkyl halides is 1. The molecule has 3 N–H and O–H groups in total. The van der Waals surface area contributed by atoms with Gasteiger partial charge in [0, 0.05) is 36.0 Å². The molecule has 0 amide bonds. The lowest BCUT2D eigenvalue weighted by Crippen LogP contribution is -2.48. The summed E-state index contributed by atoms with van der Waals surface area (Å²) < 4.78 is 6.49. The van der Waals surface area contributed by atoms with E-state index in [-0.39, 0.29) is 6.04 Å². The molecule has 0 aliphatic carbocycles. The van der Waals surface area contributed by atoms with E-state index in [1.165, 1.54) is 5.70 Å². The first-order valence-electron chi connectivity index (χ1n) is 8.17. The molecule has 1 aromatic carbocycles. The van der Waals surface area contributed by atoms with Crippen LogP contribution in [0.2, 0.25) is 5.02 Å². The minimum Gasteiger partial charge on any atom is -0.491 e. The molecule has 5 nitrogen and oxygen atoms in total. The van der Waals surface area contributed by atoms with E-state index in [4.69, 9.17) is 38.7 Å². The SMILES string of the molecule is CC(C)N1C2=C(CNC2)C(c2cc(OCCCl)c(Br)cc2Cl)=NC1N. The summed E-state index contributed by atoms with van der Waals surface area (Å²) in [7, 11) is 0. The summed E-state index contributed by atoms with van der Waals surface area (Å²) in [6, 6.07) is 4.00. The molecule has 0 bridgehead atoms. The van der Waals surface area contributed by atoms with Crippen molar-refractivity contribution in [2.75, 3.05) is 25.6 Å². The Bertz CT molecular complexity index is 736. The van der Waals surface area contributed by atoms with E-state index in [0.29, 0.717) is 23.3 Å². The molecule has 0 radical (unpaired) electrons. The van der Waals surface area contributed by atoms with Crippen molar-refractivity contribution in [3.8, 4) is 5.75 Å². The lowest BCUT2D eigenvalue weighted by molar-refractivity contribution is 0.209. The first-order valence-corrected chi connectivity index (χ1v) is 9.87. The average Bonchev–Trinajstić information content (AvgIpc) is 3.02. The molecule has 136 valence electrons. The van der Waals surface area contributed by atoms with Gasteiger partial charge in [-0.05, 0) is 41.9 Å². The van der Waals surface area contributed by atoms with Crippen molar-refractivity contribution in [2.24, 2.45) is 10.7 Å². The molecule has 0 saturated carbocycles. The monoisotopic (exact) mass is 446 g/mol. The molecule has 0 saturated heterocycles. The highest BCUT2D eigenvalue weighted by Crippen LogP contribution is 2.36. The third-order valence-corrected chi connectivity index (χ3v) is 5.34. The topological polar surface area (TPSA) is 62.9 Å². The largest absolute Gasteiger partial charge is 0.491 e. The maximum absolute atomic E-state index is 6.52. The van der Waals surface area contributed by atoms with Crippen molar-refractivity contribution in [2.45, 2.75) is 26.2 Å². The Hall–Kier alpha value is -0.790. The number of hydrogen-bond donors (Lipinski definition) is 2. The predicted molar refractivity (Wildman–Crippen MR) is 107 cm³/mol. The van der Waals surface area contributed by atoms with E-state index in [2.05, 4.69) is 40.0 Å². The highest BCUT2D eigenvalue weighted by atomic mass is 79.9. The van der Waals surface area contributed by atoms with E-state index >= 15 is 0 Å². The van der Waals surface area contributed by atoms with Crippen LogP contribution in [0, 0.1) is 0 Å². The van der Waals surface area contributed by atoms with Gasteiger partial charge in [0.25, 0.3) is 0 Å². The lowest BCUT2D eigenvalue weighted by Gasteiger charge is -2.37. The van der Waals surface area contributed by atoms with Crippen LogP contribution in [0.5, 0.6) is 5.75 Å². The van der Waals surface area contributed by atoms with Crippen LogP contribution in [0.4, 0.5) is 0 Å². The molecule has 2 aliphatic rings. The van der Waals surface area contributed by atoms with Gasteiger partial charge in [-0.3, -0.25) is 5.73 Å². The smallest absolute Gasteiger partial charge is 0.174 e. The Kier molecular flexibility index (Phi) is 5.96.